The second-order valence-electron chi connectivity index (χ2n) is 2.70. The summed E-state index contributed by atoms with van der Waals surface area (Å²) >= 11 is 0. The minimum atomic E-state index is 0.407. The lowest BCUT2D eigenvalue weighted by Crippen LogP contribution is -1.94. The number of hydrogen-bond donors (Lipinski definition) is 0. The van der Waals surface area contributed by atoms with Gasteiger partial charge in [-0.15, -0.1) is 0 Å². The fraction of sp³-hybridized carbons (Fsp3) is 0.273. The zero-order valence-electron chi connectivity index (χ0n) is 8.27. The molecule has 1 unspecified atom stereocenters. The Morgan fingerprint density at radius 3 is 2.71 bits per heavy atom. The quantitative estimate of drug-likeness (QED) is 0.531. The van der Waals surface area contributed by atoms with Crippen LogP contribution in [0.25, 0.3) is 6.08 Å². The summed E-state index contributed by atoms with van der Waals surface area (Å²) in [5, 5.41) is 0. The van der Waals surface area contributed by atoms with Crippen molar-refractivity contribution in [2.24, 2.45) is 0 Å². The molecule has 0 N–H and O–H groups in total. The van der Waals surface area contributed by atoms with Crippen LogP contribution in [0.4, 0.5) is 0 Å². The molecule has 1 rings (SSSR count). The molecule has 1 aromatic rings. The van der Waals surface area contributed by atoms with Gasteiger partial charge in [-0.25, -0.2) is 0 Å². The van der Waals surface area contributed by atoms with Crippen molar-refractivity contribution in [1.29, 1.82) is 0 Å². The van der Waals surface area contributed by atoms with E-state index in [0.29, 0.717) is 22.0 Å². The third kappa shape index (κ3) is 5.13. The van der Waals surface area contributed by atoms with E-state index in [1.54, 1.807) is 7.11 Å². The monoisotopic (exact) mass is 210 g/mol. The third-order valence-corrected chi connectivity index (χ3v) is 2.29. The van der Waals surface area contributed by atoms with Crippen LogP contribution in [0, 0.1) is 0 Å². The van der Waals surface area contributed by atoms with Crippen molar-refractivity contribution in [2.75, 3.05) is 20.3 Å². The largest absolute Gasteiger partial charge is 0.382 e. The van der Waals surface area contributed by atoms with Crippen molar-refractivity contribution in [2.45, 2.75) is 0 Å². The summed E-state index contributed by atoms with van der Waals surface area (Å²) in [4.78, 5) is 0. The van der Waals surface area contributed by atoms with Gasteiger partial charge >= 0.3 is 0 Å². The van der Waals surface area contributed by atoms with Gasteiger partial charge in [0, 0.05) is 15.9 Å². The van der Waals surface area contributed by atoms with Crippen molar-refractivity contribution in [3.63, 3.8) is 0 Å². The molecule has 0 radical (unpaired) electrons. The van der Waals surface area contributed by atoms with Crippen molar-refractivity contribution in [3.05, 3.63) is 41.7 Å². The highest BCUT2D eigenvalue weighted by atomic mass is 31.1. The van der Waals surface area contributed by atoms with Gasteiger partial charge in [0.25, 0.3) is 0 Å². The van der Waals surface area contributed by atoms with Crippen LogP contribution in [0.2, 0.25) is 0 Å². The highest BCUT2D eigenvalue weighted by molar-refractivity contribution is 7.36. The van der Waals surface area contributed by atoms with Crippen LogP contribution in [0.15, 0.2) is 36.1 Å². The summed E-state index contributed by atoms with van der Waals surface area (Å²) in [5.41, 5.74) is 1.20. The van der Waals surface area contributed by atoms with Crippen molar-refractivity contribution < 1.29 is 9.26 Å². The van der Waals surface area contributed by atoms with E-state index in [4.69, 9.17) is 9.26 Å². The van der Waals surface area contributed by atoms with Gasteiger partial charge in [-0.05, 0) is 11.4 Å². The first-order valence-corrected chi connectivity index (χ1v) is 5.50. The van der Waals surface area contributed by atoms with Crippen LogP contribution in [0.1, 0.15) is 5.56 Å². The Morgan fingerprint density at radius 2 is 2.00 bits per heavy atom. The Balaban J connectivity index is 2.15. The molecule has 76 valence electrons. The predicted molar refractivity (Wildman–Crippen MR) is 61.6 cm³/mol. The molecule has 0 aromatic heterocycles. The highest BCUT2D eigenvalue weighted by Crippen LogP contribution is 2.15. The normalized spacial score (nSPS) is 11.8. The lowest BCUT2D eigenvalue weighted by atomic mass is 10.2. The summed E-state index contributed by atoms with van der Waals surface area (Å²) in [6.45, 7) is 1.32. The summed E-state index contributed by atoms with van der Waals surface area (Å²) in [5.74, 6) is 2.03. The molecule has 0 saturated heterocycles. The highest BCUT2D eigenvalue weighted by Gasteiger charge is 1.84. The van der Waals surface area contributed by atoms with Gasteiger partial charge in [0.2, 0.25) is 0 Å². The minimum absolute atomic E-state index is 0.407. The minimum Gasteiger partial charge on any atom is -0.382 e. The zero-order valence-corrected chi connectivity index (χ0v) is 9.27. The number of ether oxygens (including phenoxy) is 1. The molecule has 14 heavy (non-hydrogen) atoms. The standard InChI is InChI=1S/C11H15O2P/c1-12-8-9-13-14-10-7-11-5-3-2-4-6-11/h2-7,10,14H,8-9H2,1H3. The molecule has 0 fully saturated rings. The lowest BCUT2D eigenvalue weighted by molar-refractivity contribution is 0.155. The summed E-state index contributed by atoms with van der Waals surface area (Å²) in [6.07, 6.45) is 2.06. The molecule has 1 atom stereocenters. The maximum Gasteiger partial charge on any atom is 0.0743 e. The second-order valence-corrected chi connectivity index (χ2v) is 3.56. The van der Waals surface area contributed by atoms with E-state index < -0.39 is 0 Å². The van der Waals surface area contributed by atoms with Gasteiger partial charge in [-0.2, -0.15) is 0 Å². The first kappa shape index (κ1) is 11.4. The Morgan fingerprint density at radius 1 is 1.21 bits per heavy atom. The topological polar surface area (TPSA) is 18.5 Å². The molecule has 2 nitrogen and oxygen atoms in total. The van der Waals surface area contributed by atoms with Gasteiger partial charge < -0.3 is 9.26 Å². The number of methoxy groups -OCH3 is 1. The van der Waals surface area contributed by atoms with Gasteiger partial charge in [0.15, 0.2) is 0 Å². The van der Waals surface area contributed by atoms with E-state index in [9.17, 15) is 0 Å². The van der Waals surface area contributed by atoms with E-state index in [0.717, 1.165) is 0 Å². The zero-order chi connectivity index (χ0) is 10.1. The molecule has 0 amide bonds. The van der Waals surface area contributed by atoms with Crippen LogP contribution < -0.4 is 0 Å². The summed E-state index contributed by atoms with van der Waals surface area (Å²) in [7, 11) is 2.08. The van der Waals surface area contributed by atoms with E-state index in [1.807, 2.05) is 24.0 Å². The Hall–Kier alpha value is -0.690. The van der Waals surface area contributed by atoms with E-state index in [-0.39, 0.29) is 0 Å². The van der Waals surface area contributed by atoms with Crippen LogP contribution in [0.3, 0.4) is 0 Å². The van der Waals surface area contributed by atoms with Crippen molar-refractivity contribution in [1.82, 2.24) is 0 Å². The molecular weight excluding hydrogens is 195 g/mol. The third-order valence-electron chi connectivity index (χ3n) is 1.62. The van der Waals surface area contributed by atoms with Gasteiger partial charge in [0.05, 0.1) is 13.2 Å². The number of rotatable bonds is 6. The van der Waals surface area contributed by atoms with Crippen molar-refractivity contribution in [3.8, 4) is 0 Å². The SMILES string of the molecule is COCCOPC=Cc1ccccc1. The maximum absolute atomic E-state index is 5.31. The molecule has 0 heterocycles. The van der Waals surface area contributed by atoms with Crippen LogP contribution in [-0.2, 0) is 9.26 Å². The first-order valence-electron chi connectivity index (χ1n) is 4.51. The molecule has 3 heteroatoms. The molecular formula is C11H15O2P. The van der Waals surface area contributed by atoms with E-state index in [2.05, 4.69) is 18.2 Å². The Bertz CT molecular complexity index is 259. The van der Waals surface area contributed by atoms with Crippen LogP contribution in [-0.4, -0.2) is 20.3 Å². The summed E-state index contributed by atoms with van der Waals surface area (Å²) in [6, 6.07) is 10.2. The molecule has 0 aliphatic heterocycles. The Kier molecular flexibility index (Phi) is 6.25. The Labute approximate surface area is 86.8 Å². The fourth-order valence-electron chi connectivity index (χ4n) is 0.926. The van der Waals surface area contributed by atoms with Gasteiger partial charge in [-0.3, -0.25) is 0 Å². The lowest BCUT2D eigenvalue weighted by Gasteiger charge is -1.98. The predicted octanol–water partition coefficient (Wildman–Crippen LogP) is 2.91. The number of hydrogen-bond acceptors (Lipinski definition) is 2. The second kappa shape index (κ2) is 7.69. The van der Waals surface area contributed by atoms with Gasteiger partial charge in [-0.1, -0.05) is 36.4 Å². The maximum atomic E-state index is 5.31. The van der Waals surface area contributed by atoms with Crippen LogP contribution in [0.5, 0.6) is 0 Å². The average molecular weight is 210 g/mol. The first-order chi connectivity index (χ1) is 6.93. The molecule has 0 aliphatic carbocycles. The smallest absolute Gasteiger partial charge is 0.0743 e. The van der Waals surface area contributed by atoms with E-state index >= 15 is 0 Å². The van der Waals surface area contributed by atoms with E-state index in [1.165, 1.54) is 5.56 Å². The number of benzene rings is 1. The molecule has 0 aliphatic rings. The molecule has 0 spiro atoms. The van der Waals surface area contributed by atoms with Crippen LogP contribution >= 0.6 is 8.81 Å². The van der Waals surface area contributed by atoms with Crippen molar-refractivity contribution >= 4 is 14.9 Å². The molecule has 0 bridgehead atoms. The summed E-state index contributed by atoms with van der Waals surface area (Å²) < 4.78 is 10.2. The average Bonchev–Trinajstić information content (AvgIpc) is 2.25. The molecule has 0 saturated carbocycles. The fourth-order valence-corrected chi connectivity index (χ4v) is 1.48. The molecule has 1 aromatic carbocycles. The van der Waals surface area contributed by atoms with Gasteiger partial charge in [0.1, 0.15) is 0 Å².